The largest absolute Gasteiger partial charge is 0.484 e. The summed E-state index contributed by atoms with van der Waals surface area (Å²) in [5.41, 5.74) is 0.937. The standard InChI is InChI=1S/C18H28ClNO2/c1-3-4-5-6-7-8-9-12-20-18(21)14-22-17-11-10-16(19)13-15(17)2/h10-11,13H,3-9,12,14H2,1-2H3,(H,20,21). The van der Waals surface area contributed by atoms with E-state index in [1.54, 1.807) is 12.1 Å². The molecule has 3 nitrogen and oxygen atoms in total. The van der Waals surface area contributed by atoms with E-state index in [2.05, 4.69) is 12.2 Å². The van der Waals surface area contributed by atoms with Crippen LogP contribution in [-0.4, -0.2) is 19.1 Å². The molecule has 1 amide bonds. The zero-order valence-electron chi connectivity index (χ0n) is 13.8. The molecule has 0 saturated heterocycles. The van der Waals surface area contributed by atoms with Crippen molar-refractivity contribution in [3.63, 3.8) is 0 Å². The summed E-state index contributed by atoms with van der Waals surface area (Å²) in [6.45, 7) is 4.93. The van der Waals surface area contributed by atoms with Crippen LogP contribution in [0.4, 0.5) is 0 Å². The molecule has 0 aliphatic heterocycles. The molecule has 0 unspecified atom stereocenters. The number of carbonyl (C=O) groups is 1. The Labute approximate surface area is 139 Å². The lowest BCUT2D eigenvalue weighted by atomic mass is 10.1. The molecular formula is C18H28ClNO2. The van der Waals surface area contributed by atoms with Crippen molar-refractivity contribution in [1.29, 1.82) is 0 Å². The van der Waals surface area contributed by atoms with E-state index in [0.717, 1.165) is 18.5 Å². The second-order valence-electron chi connectivity index (χ2n) is 5.67. The Morgan fingerprint density at radius 3 is 2.50 bits per heavy atom. The molecule has 0 spiro atoms. The van der Waals surface area contributed by atoms with E-state index in [-0.39, 0.29) is 12.5 Å². The molecule has 0 aromatic heterocycles. The number of unbranched alkanes of at least 4 members (excludes halogenated alkanes) is 6. The molecule has 1 rings (SSSR count). The third-order valence-electron chi connectivity index (χ3n) is 3.60. The summed E-state index contributed by atoms with van der Waals surface area (Å²) in [6.07, 6.45) is 8.73. The number of hydrogen-bond donors (Lipinski definition) is 1. The third kappa shape index (κ3) is 8.28. The minimum Gasteiger partial charge on any atom is -0.484 e. The van der Waals surface area contributed by atoms with Gasteiger partial charge in [-0.2, -0.15) is 0 Å². The number of aryl methyl sites for hydroxylation is 1. The Morgan fingerprint density at radius 2 is 1.82 bits per heavy atom. The number of ether oxygens (including phenoxy) is 1. The Hall–Kier alpha value is -1.22. The van der Waals surface area contributed by atoms with Crippen molar-refractivity contribution in [1.82, 2.24) is 5.32 Å². The molecule has 0 atom stereocenters. The summed E-state index contributed by atoms with van der Waals surface area (Å²) < 4.78 is 5.51. The summed E-state index contributed by atoms with van der Waals surface area (Å²) in [4.78, 5) is 11.7. The molecule has 0 heterocycles. The molecule has 1 N–H and O–H groups in total. The van der Waals surface area contributed by atoms with E-state index >= 15 is 0 Å². The first-order chi connectivity index (χ1) is 10.6. The SMILES string of the molecule is CCCCCCCCCNC(=O)COc1ccc(Cl)cc1C. The summed E-state index contributed by atoms with van der Waals surface area (Å²) in [6, 6.07) is 5.38. The molecule has 22 heavy (non-hydrogen) atoms. The fourth-order valence-electron chi connectivity index (χ4n) is 2.28. The average molecular weight is 326 g/mol. The number of carbonyl (C=O) groups excluding carboxylic acids is 1. The van der Waals surface area contributed by atoms with Crippen LogP contribution in [0.15, 0.2) is 18.2 Å². The molecule has 0 bridgehead atoms. The molecular weight excluding hydrogens is 298 g/mol. The molecule has 0 fully saturated rings. The van der Waals surface area contributed by atoms with Gasteiger partial charge in [0.15, 0.2) is 6.61 Å². The van der Waals surface area contributed by atoms with Crippen molar-refractivity contribution >= 4 is 17.5 Å². The van der Waals surface area contributed by atoms with Crippen molar-refractivity contribution in [3.8, 4) is 5.75 Å². The van der Waals surface area contributed by atoms with Gasteiger partial charge in [0.1, 0.15) is 5.75 Å². The highest BCUT2D eigenvalue weighted by molar-refractivity contribution is 6.30. The van der Waals surface area contributed by atoms with Gasteiger partial charge < -0.3 is 10.1 Å². The second kappa shape index (κ2) is 11.4. The van der Waals surface area contributed by atoms with E-state index in [0.29, 0.717) is 10.8 Å². The lowest BCUT2D eigenvalue weighted by Gasteiger charge is -2.09. The number of halogens is 1. The van der Waals surface area contributed by atoms with Gasteiger partial charge in [-0.1, -0.05) is 57.0 Å². The number of nitrogens with one attached hydrogen (secondary N) is 1. The van der Waals surface area contributed by atoms with Crippen molar-refractivity contribution in [2.24, 2.45) is 0 Å². The van der Waals surface area contributed by atoms with E-state index in [1.165, 1.54) is 38.5 Å². The molecule has 0 saturated carbocycles. The highest BCUT2D eigenvalue weighted by Gasteiger charge is 2.04. The predicted molar refractivity (Wildman–Crippen MR) is 92.7 cm³/mol. The zero-order chi connectivity index (χ0) is 16.2. The van der Waals surface area contributed by atoms with Crippen LogP contribution in [0.3, 0.4) is 0 Å². The van der Waals surface area contributed by atoms with Gasteiger partial charge in [0.05, 0.1) is 0 Å². The van der Waals surface area contributed by atoms with Crippen LogP contribution in [0, 0.1) is 6.92 Å². The van der Waals surface area contributed by atoms with Gasteiger partial charge in [-0.05, 0) is 37.1 Å². The van der Waals surface area contributed by atoms with Crippen LogP contribution in [-0.2, 0) is 4.79 Å². The van der Waals surface area contributed by atoms with E-state index in [9.17, 15) is 4.79 Å². The number of benzene rings is 1. The third-order valence-corrected chi connectivity index (χ3v) is 3.83. The molecule has 0 aliphatic carbocycles. The Balaban J connectivity index is 2.06. The topological polar surface area (TPSA) is 38.3 Å². The van der Waals surface area contributed by atoms with Gasteiger partial charge >= 0.3 is 0 Å². The van der Waals surface area contributed by atoms with Gasteiger partial charge in [0.2, 0.25) is 0 Å². The Kier molecular flexibility index (Phi) is 9.72. The maximum Gasteiger partial charge on any atom is 0.257 e. The van der Waals surface area contributed by atoms with Gasteiger partial charge in [-0.15, -0.1) is 0 Å². The van der Waals surface area contributed by atoms with Gasteiger partial charge in [-0.3, -0.25) is 4.79 Å². The van der Waals surface area contributed by atoms with Crippen molar-refractivity contribution in [2.75, 3.05) is 13.2 Å². The average Bonchev–Trinajstić information content (AvgIpc) is 2.49. The lowest BCUT2D eigenvalue weighted by molar-refractivity contribution is -0.123. The number of amides is 1. The summed E-state index contributed by atoms with van der Waals surface area (Å²) in [5, 5.41) is 3.57. The number of hydrogen-bond acceptors (Lipinski definition) is 2. The first kappa shape index (κ1) is 18.8. The molecule has 0 radical (unpaired) electrons. The maximum atomic E-state index is 11.7. The van der Waals surface area contributed by atoms with Crippen LogP contribution < -0.4 is 10.1 Å². The molecule has 124 valence electrons. The van der Waals surface area contributed by atoms with Crippen molar-refractivity contribution < 1.29 is 9.53 Å². The minimum atomic E-state index is -0.0691. The Bertz CT molecular complexity index is 449. The van der Waals surface area contributed by atoms with Crippen LogP contribution in [0.2, 0.25) is 5.02 Å². The van der Waals surface area contributed by atoms with Gasteiger partial charge in [-0.25, -0.2) is 0 Å². The van der Waals surface area contributed by atoms with Crippen LogP contribution >= 0.6 is 11.6 Å². The highest BCUT2D eigenvalue weighted by Crippen LogP contribution is 2.21. The number of rotatable bonds is 11. The van der Waals surface area contributed by atoms with Crippen LogP contribution in [0.1, 0.15) is 57.4 Å². The van der Waals surface area contributed by atoms with Gasteiger partial charge in [0, 0.05) is 11.6 Å². The first-order valence-corrected chi connectivity index (χ1v) is 8.67. The summed E-state index contributed by atoms with van der Waals surface area (Å²) in [7, 11) is 0. The monoisotopic (exact) mass is 325 g/mol. The highest BCUT2D eigenvalue weighted by atomic mass is 35.5. The lowest BCUT2D eigenvalue weighted by Crippen LogP contribution is -2.29. The molecule has 4 heteroatoms. The fourth-order valence-corrected chi connectivity index (χ4v) is 2.51. The predicted octanol–water partition coefficient (Wildman–Crippen LogP) is 4.89. The van der Waals surface area contributed by atoms with E-state index in [4.69, 9.17) is 16.3 Å². The Morgan fingerprint density at radius 1 is 1.14 bits per heavy atom. The zero-order valence-corrected chi connectivity index (χ0v) is 14.5. The smallest absolute Gasteiger partial charge is 0.257 e. The van der Waals surface area contributed by atoms with Crippen LogP contribution in [0.25, 0.3) is 0 Å². The van der Waals surface area contributed by atoms with Crippen LogP contribution in [0.5, 0.6) is 5.75 Å². The first-order valence-electron chi connectivity index (χ1n) is 8.29. The molecule has 1 aromatic rings. The molecule has 0 aliphatic rings. The maximum absolute atomic E-state index is 11.7. The molecule has 1 aromatic carbocycles. The summed E-state index contributed by atoms with van der Waals surface area (Å²) in [5.74, 6) is 0.635. The van der Waals surface area contributed by atoms with E-state index < -0.39 is 0 Å². The quantitative estimate of drug-likeness (QED) is 0.588. The van der Waals surface area contributed by atoms with Gasteiger partial charge in [0.25, 0.3) is 5.91 Å². The van der Waals surface area contributed by atoms with E-state index in [1.807, 2.05) is 13.0 Å². The second-order valence-corrected chi connectivity index (χ2v) is 6.11. The van der Waals surface area contributed by atoms with Crippen molar-refractivity contribution in [3.05, 3.63) is 28.8 Å². The van der Waals surface area contributed by atoms with Crippen molar-refractivity contribution in [2.45, 2.75) is 58.8 Å². The normalized spacial score (nSPS) is 10.5. The minimum absolute atomic E-state index is 0.0545. The fraction of sp³-hybridized carbons (Fsp3) is 0.611. The summed E-state index contributed by atoms with van der Waals surface area (Å²) >= 11 is 5.88.